The van der Waals surface area contributed by atoms with Gasteiger partial charge in [-0.1, -0.05) is 6.07 Å². The monoisotopic (exact) mass is 311 g/mol. The van der Waals surface area contributed by atoms with Gasteiger partial charge in [0.05, 0.1) is 19.2 Å². The highest BCUT2D eigenvalue weighted by Crippen LogP contribution is 2.23. The normalized spacial score (nSPS) is 10.2. The highest BCUT2D eigenvalue weighted by Gasteiger charge is 2.16. The van der Waals surface area contributed by atoms with Crippen LogP contribution in [0.4, 0.5) is 14.5 Å². The average molecular weight is 311 g/mol. The van der Waals surface area contributed by atoms with Crippen molar-refractivity contribution >= 4 is 28.9 Å². The molecule has 0 fully saturated rings. The lowest BCUT2D eigenvalue weighted by atomic mass is 10.1. The zero-order valence-corrected chi connectivity index (χ0v) is 11.8. The molecule has 7 heteroatoms. The number of nitrogens with one attached hydrogen (secondary N) is 1. The number of anilines is 1. The summed E-state index contributed by atoms with van der Waals surface area (Å²) in [6, 6.07) is 4.82. The van der Waals surface area contributed by atoms with Crippen LogP contribution in [0.25, 0.3) is 0 Å². The van der Waals surface area contributed by atoms with E-state index < -0.39 is 23.5 Å². The lowest BCUT2D eigenvalue weighted by molar-refractivity contribution is -0.115. The van der Waals surface area contributed by atoms with E-state index in [2.05, 4.69) is 10.1 Å². The molecule has 0 saturated heterocycles. The smallest absolute Gasteiger partial charge is 0.350 e. The highest BCUT2D eigenvalue weighted by atomic mass is 32.1. The van der Waals surface area contributed by atoms with Gasteiger partial charge in [0.15, 0.2) is 11.6 Å². The zero-order valence-electron chi connectivity index (χ0n) is 11.0. The molecule has 4 nitrogen and oxygen atoms in total. The first kappa shape index (κ1) is 15.1. The van der Waals surface area contributed by atoms with E-state index in [0.717, 1.165) is 23.5 Å². The van der Waals surface area contributed by atoms with Crippen molar-refractivity contribution in [2.45, 2.75) is 6.42 Å². The Kier molecular flexibility index (Phi) is 4.64. The van der Waals surface area contributed by atoms with Crippen molar-refractivity contribution in [3.05, 3.63) is 51.7 Å². The molecule has 0 aliphatic heterocycles. The van der Waals surface area contributed by atoms with Gasteiger partial charge in [-0.15, -0.1) is 11.3 Å². The van der Waals surface area contributed by atoms with E-state index >= 15 is 0 Å². The first-order valence-corrected chi connectivity index (χ1v) is 6.79. The van der Waals surface area contributed by atoms with Gasteiger partial charge in [0, 0.05) is 0 Å². The summed E-state index contributed by atoms with van der Waals surface area (Å²) in [4.78, 5) is 23.6. The van der Waals surface area contributed by atoms with Crippen molar-refractivity contribution in [2.24, 2.45) is 0 Å². The molecule has 1 aromatic carbocycles. The molecule has 0 aliphatic rings. The largest absolute Gasteiger partial charge is 0.465 e. The first-order valence-electron chi connectivity index (χ1n) is 5.91. The van der Waals surface area contributed by atoms with Crippen LogP contribution >= 0.6 is 11.3 Å². The third-order valence-electron chi connectivity index (χ3n) is 2.66. The Balaban J connectivity index is 2.07. The molecule has 0 bridgehead atoms. The van der Waals surface area contributed by atoms with E-state index in [1.165, 1.54) is 13.2 Å². The van der Waals surface area contributed by atoms with Crippen LogP contribution in [0.2, 0.25) is 0 Å². The maximum absolute atomic E-state index is 13.1. The van der Waals surface area contributed by atoms with Gasteiger partial charge < -0.3 is 10.1 Å². The molecule has 110 valence electrons. The minimum atomic E-state index is -1.01. The van der Waals surface area contributed by atoms with Gasteiger partial charge in [-0.2, -0.15) is 0 Å². The minimum Gasteiger partial charge on any atom is -0.465 e. The van der Waals surface area contributed by atoms with Gasteiger partial charge >= 0.3 is 5.97 Å². The van der Waals surface area contributed by atoms with Crippen LogP contribution in [-0.4, -0.2) is 19.0 Å². The number of rotatable bonds is 4. The van der Waals surface area contributed by atoms with Gasteiger partial charge in [-0.05, 0) is 29.1 Å². The Morgan fingerprint density at radius 1 is 1.24 bits per heavy atom. The van der Waals surface area contributed by atoms with Crippen molar-refractivity contribution in [1.82, 2.24) is 0 Å². The molecule has 0 atom stereocenters. The third-order valence-corrected chi connectivity index (χ3v) is 3.55. The quantitative estimate of drug-likeness (QED) is 0.883. The van der Waals surface area contributed by atoms with Crippen molar-refractivity contribution in [2.75, 3.05) is 12.4 Å². The van der Waals surface area contributed by atoms with Crippen LogP contribution < -0.4 is 5.32 Å². The van der Waals surface area contributed by atoms with Crippen LogP contribution in [0.3, 0.4) is 0 Å². The number of benzene rings is 1. The van der Waals surface area contributed by atoms with E-state index in [1.54, 1.807) is 11.4 Å². The fourth-order valence-electron chi connectivity index (χ4n) is 1.69. The summed E-state index contributed by atoms with van der Waals surface area (Å²) in [5.41, 5.74) is 0.667. The fraction of sp³-hybridized carbons (Fsp3) is 0.143. The van der Waals surface area contributed by atoms with Crippen molar-refractivity contribution in [3.63, 3.8) is 0 Å². The first-order chi connectivity index (χ1) is 10.0. The molecule has 0 saturated carbocycles. The molecule has 2 aromatic rings. The van der Waals surface area contributed by atoms with Gasteiger partial charge in [0.2, 0.25) is 5.91 Å². The second kappa shape index (κ2) is 6.45. The number of amides is 1. The standard InChI is InChI=1S/C14H11F2NO3S/c1-20-14(19)13-11(4-5-21-13)17-12(18)7-8-2-3-9(15)10(16)6-8/h2-6H,7H2,1H3,(H,17,18). The average Bonchev–Trinajstić information content (AvgIpc) is 2.90. The van der Waals surface area contributed by atoms with Gasteiger partial charge in [0.1, 0.15) is 4.88 Å². The number of carbonyl (C=O) groups is 2. The van der Waals surface area contributed by atoms with Crippen molar-refractivity contribution in [1.29, 1.82) is 0 Å². The zero-order chi connectivity index (χ0) is 15.4. The summed E-state index contributed by atoms with van der Waals surface area (Å²) >= 11 is 1.14. The van der Waals surface area contributed by atoms with Crippen LogP contribution in [0.5, 0.6) is 0 Å². The molecular formula is C14H11F2NO3S. The molecule has 2 rings (SSSR count). The number of thiophene rings is 1. The number of hydrogen-bond donors (Lipinski definition) is 1. The van der Waals surface area contributed by atoms with E-state index in [0.29, 0.717) is 11.3 Å². The molecule has 21 heavy (non-hydrogen) atoms. The fourth-order valence-corrected chi connectivity index (χ4v) is 2.45. The predicted octanol–water partition coefficient (Wildman–Crippen LogP) is 2.99. The maximum atomic E-state index is 13.1. The van der Waals surface area contributed by atoms with Crippen molar-refractivity contribution in [3.8, 4) is 0 Å². The summed E-state index contributed by atoms with van der Waals surface area (Å²) in [5.74, 6) is -2.96. The summed E-state index contributed by atoms with van der Waals surface area (Å²) in [6.45, 7) is 0. The SMILES string of the molecule is COC(=O)c1sccc1NC(=O)Cc1ccc(F)c(F)c1. The van der Waals surface area contributed by atoms with E-state index in [-0.39, 0.29) is 11.3 Å². The lowest BCUT2D eigenvalue weighted by Gasteiger charge is -2.06. The lowest BCUT2D eigenvalue weighted by Crippen LogP contribution is -2.16. The molecule has 1 N–H and O–H groups in total. The molecule has 0 spiro atoms. The Morgan fingerprint density at radius 2 is 2.00 bits per heavy atom. The molecule has 1 aromatic heterocycles. The second-order valence-corrected chi connectivity index (χ2v) is 5.04. The van der Waals surface area contributed by atoms with Crippen LogP contribution in [0.15, 0.2) is 29.6 Å². The Labute approximate surface area is 123 Å². The Hall–Kier alpha value is -2.28. The molecule has 1 amide bonds. The number of hydrogen-bond acceptors (Lipinski definition) is 4. The molecule has 0 unspecified atom stereocenters. The minimum absolute atomic E-state index is 0.131. The number of carbonyl (C=O) groups excluding carboxylic acids is 2. The van der Waals surface area contributed by atoms with Gasteiger partial charge in [-0.3, -0.25) is 4.79 Å². The summed E-state index contributed by atoms with van der Waals surface area (Å²) in [5, 5.41) is 4.18. The van der Waals surface area contributed by atoms with E-state index in [1.807, 2.05) is 0 Å². The molecule has 1 heterocycles. The Morgan fingerprint density at radius 3 is 2.67 bits per heavy atom. The van der Waals surface area contributed by atoms with Crippen LogP contribution in [-0.2, 0) is 16.0 Å². The predicted molar refractivity (Wildman–Crippen MR) is 74.4 cm³/mol. The van der Waals surface area contributed by atoms with E-state index in [4.69, 9.17) is 0 Å². The number of esters is 1. The number of methoxy groups -OCH3 is 1. The third kappa shape index (κ3) is 3.63. The number of halogens is 2. The summed E-state index contributed by atoms with van der Waals surface area (Å²) in [6.07, 6.45) is -0.131. The van der Waals surface area contributed by atoms with Crippen LogP contribution in [0.1, 0.15) is 15.2 Å². The van der Waals surface area contributed by atoms with Gasteiger partial charge in [-0.25, -0.2) is 13.6 Å². The van der Waals surface area contributed by atoms with Crippen LogP contribution in [0, 0.1) is 11.6 Å². The Bertz CT molecular complexity index is 685. The van der Waals surface area contributed by atoms with Gasteiger partial charge in [0.25, 0.3) is 0 Å². The van der Waals surface area contributed by atoms with E-state index in [9.17, 15) is 18.4 Å². The molecule has 0 radical (unpaired) electrons. The van der Waals surface area contributed by atoms with Crippen molar-refractivity contribution < 1.29 is 23.1 Å². The second-order valence-electron chi connectivity index (χ2n) is 4.13. The topological polar surface area (TPSA) is 55.4 Å². The number of ether oxygens (including phenoxy) is 1. The summed E-state index contributed by atoms with van der Waals surface area (Å²) < 4.78 is 30.4. The molecule has 0 aliphatic carbocycles. The summed E-state index contributed by atoms with van der Waals surface area (Å²) in [7, 11) is 1.24. The highest BCUT2D eigenvalue weighted by molar-refractivity contribution is 7.12. The maximum Gasteiger partial charge on any atom is 0.350 e. The molecular weight excluding hydrogens is 300 g/mol.